The van der Waals surface area contributed by atoms with Crippen LogP contribution in [0.15, 0.2) is 91.0 Å². The number of fused-ring (bicyclic) bond motifs is 3. The third-order valence-electron chi connectivity index (χ3n) is 12.9. The molecule has 56 heavy (non-hydrogen) atoms. The molecule has 4 aromatic rings. The third kappa shape index (κ3) is 6.30. The van der Waals surface area contributed by atoms with Crippen molar-refractivity contribution >= 4 is 42.4 Å². The van der Waals surface area contributed by atoms with Crippen molar-refractivity contribution in [1.29, 1.82) is 0 Å². The number of rotatable bonds is 10. The number of benzene rings is 4. The Bertz CT molecular complexity index is 2160. The first-order chi connectivity index (χ1) is 27.0. The molecule has 0 radical (unpaired) electrons. The van der Waals surface area contributed by atoms with Gasteiger partial charge < -0.3 is 34.0 Å². The quantitative estimate of drug-likeness (QED) is 0.199. The summed E-state index contributed by atoms with van der Waals surface area (Å²) in [5, 5.41) is 11.7. The van der Waals surface area contributed by atoms with Crippen LogP contribution < -0.4 is 24.5 Å². The Morgan fingerprint density at radius 2 is 1.66 bits per heavy atom. The number of hydrogen-bond acceptors (Lipinski definition) is 7. The summed E-state index contributed by atoms with van der Waals surface area (Å²) in [5.74, 6) is 0.895. The lowest BCUT2D eigenvalue weighted by atomic mass is 9.82. The normalized spacial score (nSPS) is 24.5. The molecule has 2 fully saturated rings. The number of nitrogens with zero attached hydrogens (tertiary/aromatic N) is 3. The molecular formula is C45H51N3O7Si. The molecule has 0 aliphatic carbocycles. The number of ether oxygens (including phenoxy) is 3. The van der Waals surface area contributed by atoms with Gasteiger partial charge in [0.15, 0.2) is 5.60 Å². The van der Waals surface area contributed by atoms with Crippen LogP contribution in [-0.2, 0) is 44.2 Å². The first kappa shape index (κ1) is 37.9. The van der Waals surface area contributed by atoms with Crippen LogP contribution in [0.5, 0.6) is 11.5 Å². The highest BCUT2D eigenvalue weighted by atomic mass is 28.3. The van der Waals surface area contributed by atoms with Crippen LogP contribution in [0, 0.1) is 5.92 Å². The number of methoxy groups -OCH3 is 2. The summed E-state index contributed by atoms with van der Waals surface area (Å²) in [5.41, 5.74) is 3.89. The number of aliphatic hydroxyl groups is 1. The molecule has 0 bridgehead atoms. The molecule has 10 nitrogen and oxygen atoms in total. The molecule has 8 rings (SSSR count). The van der Waals surface area contributed by atoms with E-state index >= 15 is 4.79 Å². The monoisotopic (exact) mass is 773 g/mol. The number of anilines is 2. The largest absolute Gasteiger partial charge is 0.497 e. The summed E-state index contributed by atoms with van der Waals surface area (Å²) in [7, 11) is 0.730. The van der Waals surface area contributed by atoms with Crippen LogP contribution in [-0.4, -0.2) is 75.3 Å². The van der Waals surface area contributed by atoms with Crippen molar-refractivity contribution in [3.8, 4) is 11.5 Å². The van der Waals surface area contributed by atoms with Gasteiger partial charge in [0.05, 0.1) is 59.7 Å². The number of hydrogen-bond donors (Lipinski definition) is 1. The lowest BCUT2D eigenvalue weighted by Gasteiger charge is -2.39. The molecule has 0 saturated carbocycles. The smallest absolute Gasteiger partial charge is 0.264 e. The van der Waals surface area contributed by atoms with Crippen LogP contribution in [0.4, 0.5) is 11.4 Å². The van der Waals surface area contributed by atoms with E-state index in [2.05, 4.69) is 38.2 Å². The molecule has 1 spiro atoms. The lowest BCUT2D eigenvalue weighted by Crippen LogP contribution is -2.52. The van der Waals surface area contributed by atoms with Gasteiger partial charge in [-0.15, -0.1) is 0 Å². The molecule has 0 aromatic heterocycles. The zero-order valence-corrected chi connectivity index (χ0v) is 33.9. The summed E-state index contributed by atoms with van der Waals surface area (Å²) in [6, 6.07) is 29.5. The molecule has 2 saturated heterocycles. The van der Waals surface area contributed by atoms with Gasteiger partial charge in [0.1, 0.15) is 11.5 Å². The maximum atomic E-state index is 15.4. The fourth-order valence-corrected chi connectivity index (χ4v) is 14.0. The van der Waals surface area contributed by atoms with Gasteiger partial charge in [-0.05, 0) is 77.5 Å². The van der Waals surface area contributed by atoms with Crippen molar-refractivity contribution < 1.29 is 33.7 Å². The Kier molecular flexibility index (Phi) is 10.0. The Balaban J connectivity index is 1.19. The van der Waals surface area contributed by atoms with Gasteiger partial charge >= 0.3 is 0 Å². The average molecular weight is 774 g/mol. The van der Waals surface area contributed by atoms with Gasteiger partial charge in [0.2, 0.25) is 11.8 Å². The Morgan fingerprint density at radius 3 is 2.36 bits per heavy atom. The Hall–Kier alpha value is -4.97. The van der Waals surface area contributed by atoms with Crippen LogP contribution >= 0.6 is 0 Å². The van der Waals surface area contributed by atoms with E-state index in [-0.39, 0.29) is 54.8 Å². The molecule has 4 aliphatic heterocycles. The summed E-state index contributed by atoms with van der Waals surface area (Å²) >= 11 is 0. The van der Waals surface area contributed by atoms with E-state index in [0.717, 1.165) is 45.8 Å². The first-order valence-electron chi connectivity index (χ1n) is 19.7. The topological polar surface area (TPSA) is 109 Å². The van der Waals surface area contributed by atoms with E-state index < -0.39 is 19.8 Å². The predicted molar refractivity (Wildman–Crippen MR) is 218 cm³/mol. The van der Waals surface area contributed by atoms with Crippen LogP contribution in [0.1, 0.15) is 48.4 Å². The van der Waals surface area contributed by atoms with E-state index in [1.165, 1.54) is 5.19 Å². The second-order valence-corrected chi connectivity index (χ2v) is 21.0. The van der Waals surface area contributed by atoms with Crippen molar-refractivity contribution in [1.82, 2.24) is 4.90 Å². The predicted octanol–water partition coefficient (Wildman–Crippen LogP) is 5.93. The van der Waals surface area contributed by atoms with Gasteiger partial charge in [0, 0.05) is 36.7 Å². The van der Waals surface area contributed by atoms with E-state index in [9.17, 15) is 14.7 Å². The maximum Gasteiger partial charge on any atom is 0.264 e. The number of amides is 3. The third-order valence-corrected chi connectivity index (χ3v) is 17.3. The van der Waals surface area contributed by atoms with Gasteiger partial charge in [-0.2, -0.15) is 0 Å². The molecule has 1 N–H and O–H groups in total. The summed E-state index contributed by atoms with van der Waals surface area (Å²) in [4.78, 5) is 48.1. The Labute approximate surface area is 330 Å². The van der Waals surface area contributed by atoms with E-state index in [1.807, 2.05) is 82.6 Å². The van der Waals surface area contributed by atoms with Crippen molar-refractivity contribution in [3.63, 3.8) is 0 Å². The van der Waals surface area contributed by atoms with Crippen molar-refractivity contribution in [2.45, 2.75) is 82.1 Å². The zero-order chi connectivity index (χ0) is 39.4. The van der Waals surface area contributed by atoms with Gasteiger partial charge in [-0.25, -0.2) is 0 Å². The van der Waals surface area contributed by atoms with Gasteiger partial charge in [0.25, 0.3) is 5.91 Å². The molecule has 4 heterocycles. The highest BCUT2D eigenvalue weighted by Crippen LogP contribution is 2.60. The van der Waals surface area contributed by atoms with Crippen LogP contribution in [0.2, 0.25) is 18.6 Å². The number of carbonyl (C=O) groups excluding carboxylic acids is 3. The standard InChI is InChI=1S/C45H51N3O7Si/c1-29-43(56(4,5)37-18-15-35(53-2)16-19-37)40(25-42(51)47-27-32-12-7-6-11-31(32)23-34(47)28-49)55-45(29)38-24-36(54-3)17-20-39(38)48(44(45)52)26-30-10-8-13-33(22-30)46-21-9-14-41(46)50/h6-8,10-13,15-20,22,24,29,34,40,43,49H,9,14,21,23,25-28H2,1-5H3/t29-,34-,40+,43-,45+/m0/s1. The van der Waals surface area contributed by atoms with Gasteiger partial charge in [-0.1, -0.05) is 73.7 Å². The SMILES string of the molecule is COc1ccc([Si](C)(C)[C@@H]2[C@@H](CC(=O)N3Cc4ccccc4C[C@H]3CO)O[C@]3(C(=O)N(Cc4cccc(N5CCCC5=O)c4)c4ccc(OC)cc43)[C@H]2C)cc1. The van der Waals surface area contributed by atoms with E-state index in [4.69, 9.17) is 14.2 Å². The maximum absolute atomic E-state index is 15.4. The van der Waals surface area contributed by atoms with Crippen molar-refractivity contribution in [3.05, 3.63) is 113 Å². The second-order valence-electron chi connectivity index (χ2n) is 16.3. The lowest BCUT2D eigenvalue weighted by molar-refractivity contribution is -0.151. The molecule has 292 valence electrons. The fourth-order valence-electron chi connectivity index (χ4n) is 10.0. The molecular weight excluding hydrogens is 723 g/mol. The molecule has 0 unspecified atom stereocenters. The van der Waals surface area contributed by atoms with E-state index in [0.29, 0.717) is 31.7 Å². The molecule has 4 aliphatic rings. The minimum absolute atomic E-state index is 0.0699. The number of aliphatic hydroxyl groups excluding tert-OH is 1. The minimum atomic E-state index is -2.54. The number of carbonyl (C=O) groups is 3. The highest BCUT2D eigenvalue weighted by Gasteiger charge is 2.66. The van der Waals surface area contributed by atoms with Crippen LogP contribution in [0.25, 0.3) is 0 Å². The molecule has 5 atom stereocenters. The zero-order valence-electron chi connectivity index (χ0n) is 32.9. The first-order valence-corrected chi connectivity index (χ1v) is 22.8. The van der Waals surface area contributed by atoms with Crippen LogP contribution in [0.3, 0.4) is 0 Å². The second kappa shape index (κ2) is 14.8. The summed E-state index contributed by atoms with van der Waals surface area (Å²) in [6.07, 6.45) is 1.42. The summed E-state index contributed by atoms with van der Waals surface area (Å²) < 4.78 is 18.6. The fraction of sp³-hybridized carbons (Fsp3) is 0.400. The molecule has 3 amide bonds. The van der Waals surface area contributed by atoms with E-state index in [1.54, 1.807) is 19.1 Å². The van der Waals surface area contributed by atoms with Crippen molar-refractivity contribution in [2.24, 2.45) is 5.92 Å². The van der Waals surface area contributed by atoms with Gasteiger partial charge in [-0.3, -0.25) is 14.4 Å². The molecule has 4 aromatic carbocycles. The minimum Gasteiger partial charge on any atom is -0.497 e. The average Bonchev–Trinajstić information content (AvgIpc) is 3.85. The highest BCUT2D eigenvalue weighted by molar-refractivity contribution is 6.91. The Morgan fingerprint density at radius 1 is 0.929 bits per heavy atom. The summed E-state index contributed by atoms with van der Waals surface area (Å²) in [6.45, 7) is 7.95. The van der Waals surface area contributed by atoms with Crippen molar-refractivity contribution in [2.75, 3.05) is 37.2 Å². The molecule has 11 heteroatoms.